The van der Waals surface area contributed by atoms with Crippen molar-refractivity contribution in [3.8, 4) is 0 Å². The molecule has 204 valence electrons. The molecule has 2 N–H and O–H groups in total. The first-order valence-corrected chi connectivity index (χ1v) is 14.4. The van der Waals surface area contributed by atoms with Gasteiger partial charge in [0.1, 0.15) is 5.69 Å². The van der Waals surface area contributed by atoms with Gasteiger partial charge in [-0.2, -0.15) is 5.10 Å². The van der Waals surface area contributed by atoms with Crippen LogP contribution in [0.15, 0.2) is 90.2 Å². The van der Waals surface area contributed by atoms with Gasteiger partial charge < -0.3 is 10.6 Å². The van der Waals surface area contributed by atoms with Gasteiger partial charge in [0, 0.05) is 18.7 Å². The Morgan fingerprint density at radius 1 is 1.12 bits per heavy atom. The molecule has 0 spiro atoms. The Kier molecular flexibility index (Phi) is 7.25. The monoisotopic (exact) mass is 531 g/mol. The first-order chi connectivity index (χ1) is 19.5. The summed E-state index contributed by atoms with van der Waals surface area (Å²) < 4.78 is 1.64. The maximum atomic E-state index is 13.7. The number of fused-ring (bicyclic) bond motifs is 2. The molecule has 3 aromatic rings. The number of carbonyl (C=O) groups is 1. The Morgan fingerprint density at radius 2 is 1.98 bits per heavy atom. The van der Waals surface area contributed by atoms with Crippen molar-refractivity contribution < 1.29 is 4.79 Å². The van der Waals surface area contributed by atoms with Crippen molar-refractivity contribution in [2.75, 3.05) is 0 Å². The minimum atomic E-state index is -0.145. The number of hydrogen-bond acceptors (Lipinski definition) is 4. The molecule has 1 unspecified atom stereocenters. The second kappa shape index (κ2) is 11.1. The Bertz CT molecular complexity index is 1600. The maximum absolute atomic E-state index is 13.7. The van der Waals surface area contributed by atoms with Gasteiger partial charge in [0.2, 0.25) is 0 Å². The standard InChI is InChI=1S/C34H37N5O/c1-4-25-7-6-10-29(16-11-22(2)23(25)3)37-34(40)31-20-30(38-32-17-18-36-39(31)32)33(27-14-15-27)35-21-24-12-13-26-8-5-9-28(26)19-24/h4,6-7,12-13,17-20,29,35H,1-2,5,8-11,14-16,21H2,3H3,(H,37,40)/b7-6-,25-23-. The van der Waals surface area contributed by atoms with Gasteiger partial charge in [0.25, 0.3) is 5.91 Å². The molecule has 6 nitrogen and oxygen atoms in total. The predicted molar refractivity (Wildman–Crippen MR) is 161 cm³/mol. The molecule has 40 heavy (non-hydrogen) atoms. The van der Waals surface area contributed by atoms with E-state index in [2.05, 4.69) is 66.2 Å². The molecule has 2 heterocycles. The summed E-state index contributed by atoms with van der Waals surface area (Å²) in [5, 5.41) is 11.4. The number of hydrogen-bond donors (Lipinski definition) is 2. The number of benzene rings is 1. The molecule has 0 saturated heterocycles. The molecule has 0 radical (unpaired) electrons. The van der Waals surface area contributed by atoms with Crippen LogP contribution in [0.4, 0.5) is 0 Å². The molecule has 0 aliphatic heterocycles. The van der Waals surface area contributed by atoms with Gasteiger partial charge in [-0.25, -0.2) is 9.50 Å². The van der Waals surface area contributed by atoms with Gasteiger partial charge >= 0.3 is 0 Å². The lowest BCUT2D eigenvalue weighted by atomic mass is 9.98. The van der Waals surface area contributed by atoms with Gasteiger partial charge in [-0.3, -0.25) is 4.79 Å². The van der Waals surface area contributed by atoms with Gasteiger partial charge in [0.05, 0.1) is 17.6 Å². The van der Waals surface area contributed by atoms with E-state index in [0.29, 0.717) is 11.3 Å². The van der Waals surface area contributed by atoms with Crippen molar-refractivity contribution in [1.29, 1.82) is 0 Å². The number of aromatic nitrogens is 3. The molecule has 3 aliphatic rings. The number of nitrogens with one attached hydrogen (secondary N) is 2. The predicted octanol–water partition coefficient (Wildman–Crippen LogP) is 6.41. The normalized spacial score (nSPS) is 21.3. The topological polar surface area (TPSA) is 71.3 Å². The third-order valence-corrected chi connectivity index (χ3v) is 8.36. The van der Waals surface area contributed by atoms with E-state index >= 15 is 0 Å². The highest BCUT2D eigenvalue weighted by molar-refractivity contribution is 5.94. The van der Waals surface area contributed by atoms with Crippen LogP contribution in [0.1, 0.15) is 78.3 Å². The Labute approximate surface area is 236 Å². The summed E-state index contributed by atoms with van der Waals surface area (Å²) in [6.45, 7) is 11.0. The Hall–Kier alpha value is -4.19. The molecule has 1 saturated carbocycles. The average molecular weight is 532 g/mol. The van der Waals surface area contributed by atoms with E-state index in [1.165, 1.54) is 41.5 Å². The van der Waals surface area contributed by atoms with Crippen LogP contribution in [-0.4, -0.2) is 26.5 Å². The molecule has 6 heteroatoms. The molecule has 1 fully saturated rings. The van der Waals surface area contributed by atoms with E-state index in [-0.39, 0.29) is 11.9 Å². The van der Waals surface area contributed by atoms with Crippen molar-refractivity contribution in [3.63, 3.8) is 0 Å². The highest BCUT2D eigenvalue weighted by Crippen LogP contribution is 2.35. The zero-order chi connectivity index (χ0) is 27.6. The van der Waals surface area contributed by atoms with Gasteiger partial charge in [-0.05, 0) is 97.8 Å². The van der Waals surface area contributed by atoms with Crippen LogP contribution in [0.5, 0.6) is 0 Å². The van der Waals surface area contributed by atoms with E-state index in [9.17, 15) is 4.79 Å². The largest absolute Gasteiger partial charge is 0.379 e. The van der Waals surface area contributed by atoms with Gasteiger partial charge in [0.15, 0.2) is 5.65 Å². The van der Waals surface area contributed by atoms with Crippen molar-refractivity contribution in [2.45, 2.75) is 70.9 Å². The minimum Gasteiger partial charge on any atom is -0.379 e. The quantitative estimate of drug-likeness (QED) is 0.370. The lowest BCUT2D eigenvalue weighted by Gasteiger charge is -2.19. The van der Waals surface area contributed by atoms with Gasteiger partial charge in [-0.1, -0.05) is 55.2 Å². The Balaban J connectivity index is 1.23. The number of amides is 1. The fourth-order valence-corrected chi connectivity index (χ4v) is 5.79. The molecule has 0 bridgehead atoms. The van der Waals surface area contributed by atoms with Gasteiger partial charge in [-0.15, -0.1) is 0 Å². The second-order valence-corrected chi connectivity index (χ2v) is 11.2. The highest BCUT2D eigenvalue weighted by atomic mass is 16.2. The summed E-state index contributed by atoms with van der Waals surface area (Å²) in [4.78, 5) is 18.6. The molecular weight excluding hydrogens is 494 g/mol. The van der Waals surface area contributed by atoms with E-state index in [1.807, 2.05) is 18.2 Å². The zero-order valence-electron chi connectivity index (χ0n) is 23.3. The molecule has 1 aromatic carbocycles. The molecule has 1 atom stereocenters. The summed E-state index contributed by atoms with van der Waals surface area (Å²) in [6.07, 6.45) is 15.8. The van der Waals surface area contributed by atoms with Crippen LogP contribution in [-0.2, 0) is 19.4 Å². The third kappa shape index (κ3) is 5.44. The van der Waals surface area contributed by atoms with Crippen molar-refractivity contribution in [1.82, 2.24) is 25.2 Å². The first kappa shape index (κ1) is 26.1. The molecular formula is C34H37N5O. The summed E-state index contributed by atoms with van der Waals surface area (Å²) in [5.41, 5.74) is 11.9. The van der Waals surface area contributed by atoms with Crippen molar-refractivity contribution in [2.24, 2.45) is 0 Å². The molecule has 6 rings (SSSR count). The lowest BCUT2D eigenvalue weighted by Crippen LogP contribution is -2.36. The van der Waals surface area contributed by atoms with E-state index < -0.39 is 0 Å². The van der Waals surface area contributed by atoms with Crippen LogP contribution >= 0.6 is 0 Å². The third-order valence-electron chi connectivity index (χ3n) is 8.36. The summed E-state index contributed by atoms with van der Waals surface area (Å²) >= 11 is 0. The summed E-state index contributed by atoms with van der Waals surface area (Å²) in [6, 6.07) is 10.6. The number of aryl methyl sites for hydroxylation is 2. The van der Waals surface area contributed by atoms with Crippen molar-refractivity contribution in [3.05, 3.63) is 118 Å². The van der Waals surface area contributed by atoms with Crippen molar-refractivity contribution >= 4 is 17.3 Å². The fraction of sp³-hybridized carbons (Fsp3) is 0.324. The first-order valence-electron chi connectivity index (χ1n) is 14.4. The average Bonchev–Trinajstić information content (AvgIpc) is 3.47. The number of allylic oxidation sites excluding steroid dienone is 6. The summed E-state index contributed by atoms with van der Waals surface area (Å²) in [5.74, 6) is -0.145. The van der Waals surface area contributed by atoms with Crippen LogP contribution in [0.2, 0.25) is 0 Å². The second-order valence-electron chi connectivity index (χ2n) is 11.2. The number of carbonyl (C=O) groups excluding carboxylic acids is 1. The van der Waals surface area contributed by atoms with Crippen LogP contribution < -0.4 is 10.6 Å². The SMILES string of the molecule is C=CC1=C(\C)C(=C)CCC(NC(=O)c2cc(C(NCc3ccc4c(c3)CCC4)=C3CC3)nc3ccnn23)C/C=C\1. The zero-order valence-corrected chi connectivity index (χ0v) is 23.3. The Morgan fingerprint density at radius 3 is 2.80 bits per heavy atom. The van der Waals surface area contributed by atoms with Crippen LogP contribution in [0.3, 0.4) is 0 Å². The molecule has 2 aromatic heterocycles. The van der Waals surface area contributed by atoms with Crippen LogP contribution in [0, 0.1) is 0 Å². The molecule has 3 aliphatic carbocycles. The number of nitrogens with zero attached hydrogens (tertiary/aromatic N) is 3. The smallest absolute Gasteiger partial charge is 0.270 e. The van der Waals surface area contributed by atoms with E-state index in [1.54, 1.807) is 10.7 Å². The maximum Gasteiger partial charge on any atom is 0.270 e. The minimum absolute atomic E-state index is 0.0149. The molecule has 1 amide bonds. The van der Waals surface area contributed by atoms with E-state index in [4.69, 9.17) is 4.98 Å². The van der Waals surface area contributed by atoms with E-state index in [0.717, 1.165) is 66.8 Å². The number of rotatable bonds is 7. The fourth-order valence-electron chi connectivity index (χ4n) is 5.79. The lowest BCUT2D eigenvalue weighted by molar-refractivity contribution is 0.0927. The highest BCUT2D eigenvalue weighted by Gasteiger charge is 2.24. The van der Waals surface area contributed by atoms with Crippen LogP contribution in [0.25, 0.3) is 11.3 Å². The summed E-state index contributed by atoms with van der Waals surface area (Å²) in [7, 11) is 0.